The molecule has 1 amide bonds. The molecule has 0 radical (unpaired) electrons. The van der Waals surface area contributed by atoms with Crippen LogP contribution in [-0.4, -0.2) is 58.4 Å². The molecule has 37 heavy (non-hydrogen) atoms. The second-order valence-corrected chi connectivity index (χ2v) is 10.7. The minimum absolute atomic E-state index is 0.0328. The molecular weight excluding hydrogens is 504 g/mol. The van der Waals surface area contributed by atoms with Crippen LogP contribution in [-0.2, 0) is 6.54 Å². The molecule has 9 nitrogen and oxygen atoms in total. The smallest absolute Gasteiger partial charge is 0.407 e. The SMILES string of the molecule is CC(C)(C)C1CC(n2cc(-c3ccc4nnn(Cc5c(F)ccc(F)c5Cl)c4n3)cn2)CCN1C(=O)O. The molecule has 0 bridgehead atoms. The van der Waals surface area contributed by atoms with Crippen LogP contribution in [0.15, 0.2) is 36.7 Å². The first-order chi connectivity index (χ1) is 17.5. The van der Waals surface area contributed by atoms with E-state index in [9.17, 15) is 18.7 Å². The summed E-state index contributed by atoms with van der Waals surface area (Å²) in [6.07, 6.45) is 4.01. The van der Waals surface area contributed by atoms with Crippen LogP contribution in [0.2, 0.25) is 5.02 Å². The van der Waals surface area contributed by atoms with Crippen LogP contribution in [0.25, 0.3) is 22.4 Å². The van der Waals surface area contributed by atoms with Gasteiger partial charge in [-0.25, -0.2) is 23.2 Å². The van der Waals surface area contributed by atoms with Crippen molar-refractivity contribution in [2.75, 3.05) is 6.54 Å². The average Bonchev–Trinajstić information content (AvgIpc) is 3.50. The van der Waals surface area contributed by atoms with E-state index in [1.165, 1.54) is 9.58 Å². The molecule has 12 heteroatoms. The maximum atomic E-state index is 14.3. The van der Waals surface area contributed by atoms with E-state index in [0.717, 1.165) is 17.7 Å². The molecule has 2 unspecified atom stereocenters. The van der Waals surface area contributed by atoms with Crippen molar-refractivity contribution < 1.29 is 18.7 Å². The zero-order valence-electron chi connectivity index (χ0n) is 20.6. The van der Waals surface area contributed by atoms with Gasteiger partial charge in [-0.3, -0.25) is 4.68 Å². The van der Waals surface area contributed by atoms with E-state index in [-0.39, 0.29) is 34.6 Å². The lowest BCUT2D eigenvalue weighted by Crippen LogP contribution is -2.51. The first-order valence-electron chi connectivity index (χ1n) is 11.9. The predicted octanol–water partition coefficient (Wildman–Crippen LogP) is 5.40. The van der Waals surface area contributed by atoms with Crippen LogP contribution in [0.3, 0.4) is 0 Å². The highest BCUT2D eigenvalue weighted by Crippen LogP contribution is 2.37. The minimum Gasteiger partial charge on any atom is -0.465 e. The van der Waals surface area contributed by atoms with Crippen molar-refractivity contribution >= 4 is 28.9 Å². The number of piperidine rings is 1. The fourth-order valence-electron chi connectivity index (χ4n) is 4.89. The number of hydrogen-bond acceptors (Lipinski definition) is 5. The number of amides is 1. The molecule has 1 N–H and O–H groups in total. The van der Waals surface area contributed by atoms with E-state index in [2.05, 4.69) is 20.4 Å². The van der Waals surface area contributed by atoms with E-state index in [0.29, 0.717) is 36.2 Å². The van der Waals surface area contributed by atoms with Crippen LogP contribution in [0.1, 0.15) is 45.2 Å². The summed E-state index contributed by atoms with van der Waals surface area (Å²) in [5.41, 5.74) is 2.02. The Morgan fingerprint density at radius 3 is 2.68 bits per heavy atom. The highest BCUT2D eigenvalue weighted by atomic mass is 35.5. The van der Waals surface area contributed by atoms with Gasteiger partial charge in [0.2, 0.25) is 0 Å². The maximum absolute atomic E-state index is 14.3. The number of carbonyl (C=O) groups is 1. The fourth-order valence-corrected chi connectivity index (χ4v) is 5.10. The lowest BCUT2D eigenvalue weighted by molar-refractivity contribution is 0.0408. The lowest BCUT2D eigenvalue weighted by atomic mass is 9.79. The molecule has 1 aliphatic rings. The Hall–Kier alpha value is -3.60. The number of fused-ring (bicyclic) bond motifs is 1. The molecule has 5 rings (SSSR count). The van der Waals surface area contributed by atoms with Gasteiger partial charge in [-0.05, 0) is 42.5 Å². The number of rotatable bonds is 4. The quantitative estimate of drug-likeness (QED) is 0.355. The molecule has 194 valence electrons. The predicted molar refractivity (Wildman–Crippen MR) is 133 cm³/mol. The monoisotopic (exact) mass is 529 g/mol. The summed E-state index contributed by atoms with van der Waals surface area (Å²) in [4.78, 5) is 18.0. The molecule has 1 aliphatic heterocycles. The summed E-state index contributed by atoms with van der Waals surface area (Å²) < 4.78 is 31.5. The van der Waals surface area contributed by atoms with Crippen molar-refractivity contribution in [2.45, 2.75) is 52.2 Å². The third kappa shape index (κ3) is 4.75. The fraction of sp³-hybridized carbons (Fsp3) is 0.400. The summed E-state index contributed by atoms with van der Waals surface area (Å²) >= 11 is 5.99. The highest BCUT2D eigenvalue weighted by molar-refractivity contribution is 6.31. The molecule has 4 heterocycles. The minimum atomic E-state index is -0.901. The third-order valence-corrected chi connectivity index (χ3v) is 7.31. The van der Waals surface area contributed by atoms with E-state index >= 15 is 0 Å². The Balaban J connectivity index is 1.42. The van der Waals surface area contributed by atoms with Crippen molar-refractivity contribution in [1.82, 2.24) is 34.7 Å². The van der Waals surface area contributed by atoms with E-state index in [4.69, 9.17) is 11.6 Å². The van der Waals surface area contributed by atoms with Gasteiger partial charge < -0.3 is 10.0 Å². The van der Waals surface area contributed by atoms with Gasteiger partial charge >= 0.3 is 6.09 Å². The van der Waals surface area contributed by atoms with Crippen LogP contribution in [0, 0.1) is 17.0 Å². The van der Waals surface area contributed by atoms with Crippen molar-refractivity contribution in [3.8, 4) is 11.3 Å². The number of aromatic nitrogens is 6. The molecule has 1 fully saturated rings. The second-order valence-electron chi connectivity index (χ2n) is 10.4. The molecule has 3 aromatic heterocycles. The van der Waals surface area contributed by atoms with Gasteiger partial charge in [0.25, 0.3) is 0 Å². The largest absolute Gasteiger partial charge is 0.465 e. The topological polar surface area (TPSA) is 102 Å². The average molecular weight is 530 g/mol. The van der Waals surface area contributed by atoms with E-state index in [1.807, 2.05) is 31.6 Å². The summed E-state index contributed by atoms with van der Waals surface area (Å²) in [5, 5.41) is 22.0. The molecular formula is C25H26ClF2N7O2. The number of nitrogens with zero attached hydrogens (tertiary/aromatic N) is 7. The van der Waals surface area contributed by atoms with Gasteiger partial charge in [-0.15, -0.1) is 5.10 Å². The van der Waals surface area contributed by atoms with Crippen LogP contribution < -0.4 is 0 Å². The molecule has 0 saturated carbocycles. The molecule has 2 atom stereocenters. The Labute approximate surface area is 216 Å². The summed E-state index contributed by atoms with van der Waals surface area (Å²) in [7, 11) is 0. The Morgan fingerprint density at radius 2 is 1.95 bits per heavy atom. The second kappa shape index (κ2) is 9.37. The summed E-state index contributed by atoms with van der Waals surface area (Å²) in [5.74, 6) is -1.36. The molecule has 1 aromatic carbocycles. The van der Waals surface area contributed by atoms with Crippen molar-refractivity contribution in [3.05, 3.63) is 58.9 Å². The Bertz CT molecular complexity index is 1480. The number of likely N-dealkylation sites (tertiary alicyclic amines) is 1. The van der Waals surface area contributed by atoms with Crippen molar-refractivity contribution in [1.29, 1.82) is 0 Å². The number of hydrogen-bond donors (Lipinski definition) is 1. The zero-order chi connectivity index (χ0) is 26.5. The van der Waals surface area contributed by atoms with E-state index < -0.39 is 17.7 Å². The van der Waals surface area contributed by atoms with Crippen LogP contribution in [0.5, 0.6) is 0 Å². The van der Waals surface area contributed by atoms with Gasteiger partial charge in [0.05, 0.1) is 29.5 Å². The summed E-state index contributed by atoms with van der Waals surface area (Å²) in [6, 6.07) is 5.45. The van der Waals surface area contributed by atoms with Gasteiger partial charge in [0.15, 0.2) is 5.65 Å². The standard InChI is InChI=1S/C25H26ClF2N7O2/c1-25(2,3)21-10-15(8-9-33(21)24(36)37)34-12-14(11-29-34)19-6-7-20-23(30-19)35(32-31-20)13-16-17(27)4-5-18(28)22(16)26/h4-7,11-12,15,21H,8-10,13H2,1-3H3,(H,36,37). The van der Waals surface area contributed by atoms with Crippen LogP contribution in [0.4, 0.5) is 13.6 Å². The maximum Gasteiger partial charge on any atom is 0.407 e. The first-order valence-corrected chi connectivity index (χ1v) is 12.3. The normalized spacial score (nSPS) is 18.5. The number of carboxylic acid groups (broad SMARTS) is 1. The molecule has 1 saturated heterocycles. The number of halogens is 3. The van der Waals surface area contributed by atoms with Gasteiger partial charge in [0, 0.05) is 29.9 Å². The van der Waals surface area contributed by atoms with E-state index in [1.54, 1.807) is 18.3 Å². The Kier molecular flexibility index (Phi) is 6.35. The molecule has 0 spiro atoms. The Morgan fingerprint density at radius 1 is 1.19 bits per heavy atom. The van der Waals surface area contributed by atoms with Crippen LogP contribution >= 0.6 is 11.6 Å². The highest BCUT2D eigenvalue weighted by Gasteiger charge is 2.39. The first kappa shape index (κ1) is 25.1. The van der Waals surface area contributed by atoms with Gasteiger partial charge in [-0.1, -0.05) is 37.6 Å². The number of pyridine rings is 1. The van der Waals surface area contributed by atoms with Crippen molar-refractivity contribution in [3.63, 3.8) is 0 Å². The molecule has 0 aliphatic carbocycles. The van der Waals surface area contributed by atoms with Gasteiger partial charge in [0.1, 0.15) is 17.2 Å². The van der Waals surface area contributed by atoms with Gasteiger partial charge in [-0.2, -0.15) is 5.10 Å². The van der Waals surface area contributed by atoms with Crippen molar-refractivity contribution in [2.24, 2.45) is 5.41 Å². The zero-order valence-corrected chi connectivity index (χ0v) is 21.3. The number of benzene rings is 1. The summed E-state index contributed by atoms with van der Waals surface area (Å²) in [6.45, 7) is 6.44. The lowest BCUT2D eigenvalue weighted by Gasteiger charge is -2.44. The third-order valence-electron chi connectivity index (χ3n) is 6.90. The molecule has 4 aromatic rings.